The van der Waals surface area contributed by atoms with Crippen LogP contribution in [0.25, 0.3) is 10.9 Å². The van der Waals surface area contributed by atoms with Crippen molar-refractivity contribution in [3.8, 4) is 0 Å². The van der Waals surface area contributed by atoms with Gasteiger partial charge in [-0.05, 0) is 43.7 Å². The van der Waals surface area contributed by atoms with E-state index in [0.717, 1.165) is 28.6 Å². The van der Waals surface area contributed by atoms with Gasteiger partial charge in [0.1, 0.15) is 6.04 Å². The van der Waals surface area contributed by atoms with Gasteiger partial charge >= 0.3 is 0 Å². The highest BCUT2D eigenvalue weighted by Crippen LogP contribution is 2.19. The number of aromatic nitrogens is 1. The predicted octanol–water partition coefficient (Wildman–Crippen LogP) is 3.31. The van der Waals surface area contributed by atoms with Crippen LogP contribution < -0.4 is 10.6 Å². The maximum absolute atomic E-state index is 13.4. The number of aromatic amines is 1. The van der Waals surface area contributed by atoms with E-state index in [9.17, 15) is 18.4 Å². The third-order valence-electron chi connectivity index (χ3n) is 4.33. The molecule has 0 aliphatic carbocycles. The maximum Gasteiger partial charge on any atom is 0.252 e. The number of carbonyl (C=O) groups excluding carboxylic acids is 2. The summed E-state index contributed by atoms with van der Waals surface area (Å²) in [7, 11) is 0. The van der Waals surface area contributed by atoms with Gasteiger partial charge in [0.05, 0.1) is 0 Å². The van der Waals surface area contributed by atoms with Gasteiger partial charge in [-0.2, -0.15) is 0 Å². The average Bonchev–Trinajstić information content (AvgIpc) is 3.06. The van der Waals surface area contributed by atoms with E-state index in [2.05, 4.69) is 15.6 Å². The van der Waals surface area contributed by atoms with Crippen LogP contribution in [0.2, 0.25) is 0 Å². The minimum Gasteiger partial charge on any atom is -0.361 e. The van der Waals surface area contributed by atoms with E-state index in [4.69, 9.17) is 0 Å². The Morgan fingerprint density at radius 1 is 1.04 bits per heavy atom. The van der Waals surface area contributed by atoms with Crippen LogP contribution in [-0.2, 0) is 11.2 Å². The van der Waals surface area contributed by atoms with Crippen molar-refractivity contribution in [2.24, 2.45) is 0 Å². The Balaban J connectivity index is 1.85. The fourth-order valence-electron chi connectivity index (χ4n) is 2.99. The first kappa shape index (κ1) is 19.5. The first-order chi connectivity index (χ1) is 13.3. The third-order valence-corrected chi connectivity index (χ3v) is 4.33. The maximum atomic E-state index is 13.4. The number of benzene rings is 2. The summed E-state index contributed by atoms with van der Waals surface area (Å²) in [6.07, 6.45) is 2.04. The zero-order chi connectivity index (χ0) is 20.3. The summed E-state index contributed by atoms with van der Waals surface area (Å²) in [5.74, 6) is -3.16. The van der Waals surface area contributed by atoms with E-state index in [-0.39, 0.29) is 23.9 Å². The number of halogens is 2. The Labute approximate surface area is 161 Å². The normalized spacial score (nSPS) is 12.2. The zero-order valence-electron chi connectivity index (χ0n) is 15.6. The molecule has 1 aromatic heterocycles. The molecule has 7 heteroatoms. The summed E-state index contributed by atoms with van der Waals surface area (Å²) >= 11 is 0. The number of nitrogens with one attached hydrogen (secondary N) is 3. The quantitative estimate of drug-likeness (QED) is 0.609. The molecule has 3 aromatic rings. The van der Waals surface area contributed by atoms with E-state index < -0.39 is 23.6 Å². The zero-order valence-corrected chi connectivity index (χ0v) is 15.6. The molecule has 1 atom stereocenters. The number of hydrogen-bond acceptors (Lipinski definition) is 2. The number of hydrogen-bond donors (Lipinski definition) is 3. The molecule has 3 N–H and O–H groups in total. The molecule has 0 spiro atoms. The van der Waals surface area contributed by atoms with Gasteiger partial charge in [0.15, 0.2) is 11.6 Å². The summed E-state index contributed by atoms with van der Waals surface area (Å²) in [6, 6.07) is 9.52. The lowest BCUT2D eigenvalue weighted by atomic mass is 10.0. The van der Waals surface area contributed by atoms with Crippen molar-refractivity contribution in [1.29, 1.82) is 0 Å². The van der Waals surface area contributed by atoms with Gasteiger partial charge in [-0.1, -0.05) is 18.2 Å². The fourth-order valence-corrected chi connectivity index (χ4v) is 2.99. The molecule has 2 aromatic carbocycles. The summed E-state index contributed by atoms with van der Waals surface area (Å²) in [5.41, 5.74) is 1.73. The van der Waals surface area contributed by atoms with Gasteiger partial charge in [-0.15, -0.1) is 0 Å². The molecule has 146 valence electrons. The minimum absolute atomic E-state index is 0.0554. The second-order valence-electron chi connectivity index (χ2n) is 6.88. The summed E-state index contributed by atoms with van der Waals surface area (Å²) in [4.78, 5) is 28.3. The average molecular weight is 385 g/mol. The van der Waals surface area contributed by atoms with Crippen LogP contribution in [0.4, 0.5) is 8.78 Å². The van der Waals surface area contributed by atoms with Gasteiger partial charge in [-0.25, -0.2) is 8.78 Å². The van der Waals surface area contributed by atoms with Gasteiger partial charge in [-0.3, -0.25) is 9.59 Å². The van der Waals surface area contributed by atoms with Crippen LogP contribution >= 0.6 is 0 Å². The number of H-pyrrole nitrogens is 1. The molecule has 0 unspecified atom stereocenters. The van der Waals surface area contributed by atoms with Crippen molar-refractivity contribution in [3.63, 3.8) is 0 Å². The lowest BCUT2D eigenvalue weighted by Gasteiger charge is -2.20. The first-order valence-corrected chi connectivity index (χ1v) is 8.96. The molecule has 0 aliphatic rings. The van der Waals surface area contributed by atoms with Gasteiger partial charge in [0, 0.05) is 35.1 Å². The van der Waals surface area contributed by atoms with E-state index >= 15 is 0 Å². The van der Waals surface area contributed by atoms with Gasteiger partial charge in [0.2, 0.25) is 5.91 Å². The van der Waals surface area contributed by atoms with Crippen LogP contribution in [0.1, 0.15) is 29.8 Å². The van der Waals surface area contributed by atoms with E-state index in [0.29, 0.717) is 0 Å². The second kappa shape index (κ2) is 8.21. The van der Waals surface area contributed by atoms with Crippen molar-refractivity contribution >= 4 is 22.7 Å². The van der Waals surface area contributed by atoms with Crippen molar-refractivity contribution in [1.82, 2.24) is 15.6 Å². The number of carbonyl (C=O) groups is 2. The minimum atomic E-state index is -1.12. The first-order valence-electron chi connectivity index (χ1n) is 8.96. The van der Waals surface area contributed by atoms with Crippen molar-refractivity contribution in [2.75, 3.05) is 0 Å². The Morgan fingerprint density at radius 3 is 2.50 bits per heavy atom. The fraction of sp³-hybridized carbons (Fsp3) is 0.238. The monoisotopic (exact) mass is 385 g/mol. The Bertz CT molecular complexity index is 1010. The molecule has 3 rings (SSSR count). The lowest BCUT2D eigenvalue weighted by Crippen LogP contribution is -2.49. The molecule has 28 heavy (non-hydrogen) atoms. The number of fused-ring (bicyclic) bond motifs is 1. The molecule has 5 nitrogen and oxygen atoms in total. The van der Waals surface area contributed by atoms with Crippen molar-refractivity contribution in [2.45, 2.75) is 32.4 Å². The Kier molecular flexibility index (Phi) is 5.73. The van der Waals surface area contributed by atoms with Crippen molar-refractivity contribution in [3.05, 3.63) is 71.4 Å². The molecule has 0 saturated heterocycles. The molecule has 0 radical (unpaired) electrons. The highest BCUT2D eigenvalue weighted by atomic mass is 19.2. The van der Waals surface area contributed by atoms with Crippen LogP contribution in [-0.4, -0.2) is 28.9 Å². The molecule has 0 aliphatic heterocycles. The molecule has 0 bridgehead atoms. The predicted molar refractivity (Wildman–Crippen MR) is 103 cm³/mol. The van der Waals surface area contributed by atoms with Gasteiger partial charge in [0.25, 0.3) is 5.91 Å². The molecule has 0 saturated carbocycles. The number of amides is 2. The molecule has 1 heterocycles. The largest absolute Gasteiger partial charge is 0.361 e. The van der Waals surface area contributed by atoms with Gasteiger partial charge < -0.3 is 15.6 Å². The van der Waals surface area contributed by atoms with Crippen molar-refractivity contribution < 1.29 is 18.4 Å². The van der Waals surface area contributed by atoms with Crippen LogP contribution in [0.5, 0.6) is 0 Å². The summed E-state index contributed by atoms with van der Waals surface area (Å²) in [6.45, 7) is 3.63. The SMILES string of the molecule is CC(C)NC(=O)[C@H](Cc1c[nH]c2ccccc12)NC(=O)c1ccc(F)c(F)c1. The second-order valence-corrected chi connectivity index (χ2v) is 6.88. The van der Waals surface area contributed by atoms with Crippen LogP contribution in [0.3, 0.4) is 0 Å². The van der Waals surface area contributed by atoms with E-state index in [1.165, 1.54) is 6.07 Å². The Hall–Kier alpha value is -3.22. The number of para-hydroxylation sites is 1. The van der Waals surface area contributed by atoms with E-state index in [1.54, 1.807) is 6.20 Å². The standard InChI is InChI=1S/C21H21F2N3O2/c1-12(2)25-21(28)19(10-14-11-24-18-6-4-3-5-15(14)18)26-20(27)13-7-8-16(22)17(23)9-13/h3-9,11-12,19,24H,10H2,1-2H3,(H,25,28)(H,26,27)/t19-/m0/s1. The highest BCUT2D eigenvalue weighted by Gasteiger charge is 2.24. The molecular formula is C21H21F2N3O2. The van der Waals surface area contributed by atoms with Crippen LogP contribution in [0, 0.1) is 11.6 Å². The Morgan fingerprint density at radius 2 is 1.79 bits per heavy atom. The summed E-state index contributed by atoms with van der Waals surface area (Å²) < 4.78 is 26.6. The topological polar surface area (TPSA) is 74.0 Å². The molecule has 0 fully saturated rings. The molecular weight excluding hydrogens is 364 g/mol. The van der Waals surface area contributed by atoms with Crippen LogP contribution in [0.15, 0.2) is 48.7 Å². The number of rotatable bonds is 6. The third kappa shape index (κ3) is 4.36. The highest BCUT2D eigenvalue weighted by molar-refractivity contribution is 5.98. The lowest BCUT2D eigenvalue weighted by molar-refractivity contribution is -0.123. The van der Waals surface area contributed by atoms with E-state index in [1.807, 2.05) is 38.1 Å². The molecule has 2 amide bonds. The smallest absolute Gasteiger partial charge is 0.252 e. The summed E-state index contributed by atoms with van der Waals surface area (Å²) in [5, 5.41) is 6.37.